The molecule has 0 aliphatic rings. The number of halogens is 1. The molecule has 0 fully saturated rings. The summed E-state index contributed by atoms with van der Waals surface area (Å²) in [5, 5.41) is 0.969. The van der Waals surface area contributed by atoms with Crippen LogP contribution in [0.15, 0.2) is 27.8 Å². The molecular formula is C6H7BrN2S. The molecule has 0 bridgehead atoms. The second-order valence-corrected chi connectivity index (χ2v) is 3.56. The number of pyridine rings is 1. The fourth-order valence-corrected chi connectivity index (χ4v) is 1.54. The number of aromatic nitrogens is 1. The second-order valence-electron chi connectivity index (χ2n) is 1.62. The van der Waals surface area contributed by atoms with Gasteiger partial charge in [-0.3, -0.25) is 4.72 Å². The third-order valence-corrected chi connectivity index (χ3v) is 2.03. The van der Waals surface area contributed by atoms with Crippen LogP contribution >= 0.6 is 27.9 Å². The van der Waals surface area contributed by atoms with Crippen molar-refractivity contribution in [2.24, 2.45) is 0 Å². The first-order valence-electron chi connectivity index (χ1n) is 2.78. The van der Waals surface area contributed by atoms with Crippen molar-refractivity contribution in [1.82, 2.24) is 9.71 Å². The molecule has 4 heteroatoms. The van der Waals surface area contributed by atoms with E-state index in [1.165, 1.54) is 11.9 Å². The van der Waals surface area contributed by atoms with Crippen molar-refractivity contribution in [3.05, 3.63) is 22.8 Å². The summed E-state index contributed by atoms with van der Waals surface area (Å²) in [6.07, 6.45) is 1.77. The highest BCUT2D eigenvalue weighted by Crippen LogP contribution is 2.15. The smallest absolute Gasteiger partial charge is 0.112 e. The lowest BCUT2D eigenvalue weighted by molar-refractivity contribution is 1.11. The van der Waals surface area contributed by atoms with E-state index in [0.29, 0.717) is 0 Å². The molecule has 1 heterocycles. The van der Waals surface area contributed by atoms with Gasteiger partial charge in [0.15, 0.2) is 0 Å². The van der Waals surface area contributed by atoms with E-state index in [9.17, 15) is 0 Å². The maximum absolute atomic E-state index is 4.10. The highest BCUT2D eigenvalue weighted by Gasteiger charge is 1.92. The average molecular weight is 219 g/mol. The molecule has 0 aromatic carbocycles. The molecule has 0 radical (unpaired) electrons. The van der Waals surface area contributed by atoms with Crippen LogP contribution in [0.2, 0.25) is 0 Å². The molecule has 2 nitrogen and oxygen atoms in total. The summed E-state index contributed by atoms with van der Waals surface area (Å²) in [5.41, 5.74) is 0. The Morgan fingerprint density at radius 1 is 1.70 bits per heavy atom. The summed E-state index contributed by atoms with van der Waals surface area (Å²) in [6, 6.07) is 3.86. The van der Waals surface area contributed by atoms with Crippen molar-refractivity contribution >= 4 is 27.9 Å². The average Bonchev–Trinajstić information content (AvgIpc) is 1.88. The zero-order valence-corrected chi connectivity index (χ0v) is 7.87. The molecule has 54 valence electrons. The monoisotopic (exact) mass is 218 g/mol. The van der Waals surface area contributed by atoms with Crippen LogP contribution in [0.3, 0.4) is 0 Å². The van der Waals surface area contributed by atoms with Crippen LogP contribution in [0.4, 0.5) is 0 Å². The first-order chi connectivity index (χ1) is 4.83. The van der Waals surface area contributed by atoms with Gasteiger partial charge in [-0.15, -0.1) is 0 Å². The highest BCUT2D eigenvalue weighted by atomic mass is 79.9. The fraction of sp³-hybridized carbons (Fsp3) is 0.167. The largest absolute Gasteiger partial charge is 0.262 e. The first kappa shape index (κ1) is 8.04. The van der Waals surface area contributed by atoms with Crippen molar-refractivity contribution < 1.29 is 0 Å². The molecule has 0 aliphatic heterocycles. The summed E-state index contributed by atoms with van der Waals surface area (Å²) in [6.45, 7) is 0. The van der Waals surface area contributed by atoms with Crippen molar-refractivity contribution in [1.29, 1.82) is 0 Å². The maximum atomic E-state index is 4.10. The van der Waals surface area contributed by atoms with Gasteiger partial charge in [0, 0.05) is 10.7 Å². The van der Waals surface area contributed by atoms with Crippen molar-refractivity contribution in [2.75, 3.05) is 7.05 Å². The van der Waals surface area contributed by atoms with E-state index in [4.69, 9.17) is 0 Å². The van der Waals surface area contributed by atoms with Crippen LogP contribution in [0, 0.1) is 0 Å². The lowest BCUT2D eigenvalue weighted by Crippen LogP contribution is -1.91. The highest BCUT2D eigenvalue weighted by molar-refractivity contribution is 9.10. The molecule has 1 aromatic rings. The van der Waals surface area contributed by atoms with Crippen LogP contribution < -0.4 is 4.72 Å². The van der Waals surface area contributed by atoms with Gasteiger partial charge >= 0.3 is 0 Å². The molecule has 0 atom stereocenters. The normalized spacial score (nSPS) is 9.80. The molecule has 0 saturated heterocycles. The van der Waals surface area contributed by atoms with E-state index in [-0.39, 0.29) is 0 Å². The van der Waals surface area contributed by atoms with Gasteiger partial charge in [0.2, 0.25) is 0 Å². The van der Waals surface area contributed by atoms with Gasteiger partial charge in [-0.25, -0.2) is 4.98 Å². The standard InChI is InChI=1S/C6H7BrN2S/c1-8-10-6-4-5(7)2-3-9-6/h2-4,8H,1H3. The van der Waals surface area contributed by atoms with Gasteiger partial charge in [-0.2, -0.15) is 0 Å². The Hall–Kier alpha value is -0.0600. The van der Waals surface area contributed by atoms with Gasteiger partial charge in [0.05, 0.1) is 0 Å². The topological polar surface area (TPSA) is 24.9 Å². The van der Waals surface area contributed by atoms with Crippen LogP contribution in [0.1, 0.15) is 0 Å². The Kier molecular flexibility index (Phi) is 3.18. The van der Waals surface area contributed by atoms with E-state index in [0.717, 1.165) is 9.50 Å². The minimum Gasteiger partial charge on any atom is -0.262 e. The predicted molar refractivity (Wildman–Crippen MR) is 46.9 cm³/mol. The van der Waals surface area contributed by atoms with Gasteiger partial charge in [0.1, 0.15) is 5.03 Å². The quantitative estimate of drug-likeness (QED) is 0.770. The molecular weight excluding hydrogens is 212 g/mol. The third-order valence-electron chi connectivity index (χ3n) is 0.904. The molecule has 1 aromatic heterocycles. The third kappa shape index (κ3) is 2.28. The van der Waals surface area contributed by atoms with E-state index in [1.54, 1.807) is 6.20 Å². The minimum absolute atomic E-state index is 0.969. The second kappa shape index (κ2) is 3.95. The SMILES string of the molecule is CNSc1cc(Br)ccn1. The summed E-state index contributed by atoms with van der Waals surface area (Å²) in [7, 11) is 1.87. The predicted octanol–water partition coefficient (Wildman–Crippen LogP) is 2.07. The lowest BCUT2D eigenvalue weighted by atomic mass is 10.5. The van der Waals surface area contributed by atoms with Crippen LogP contribution in [-0.4, -0.2) is 12.0 Å². The number of hydrogen-bond acceptors (Lipinski definition) is 3. The molecule has 0 unspecified atom stereocenters. The van der Waals surface area contributed by atoms with Crippen molar-refractivity contribution in [3.63, 3.8) is 0 Å². The van der Waals surface area contributed by atoms with E-state index < -0.39 is 0 Å². The Morgan fingerprint density at radius 2 is 2.50 bits per heavy atom. The Morgan fingerprint density at radius 3 is 3.10 bits per heavy atom. The van der Waals surface area contributed by atoms with Crippen LogP contribution in [0.5, 0.6) is 0 Å². The minimum atomic E-state index is 0.969. The molecule has 0 saturated carbocycles. The summed E-state index contributed by atoms with van der Waals surface area (Å²) in [5.74, 6) is 0. The number of nitrogens with one attached hydrogen (secondary N) is 1. The van der Waals surface area contributed by atoms with Crippen molar-refractivity contribution in [3.8, 4) is 0 Å². The summed E-state index contributed by atoms with van der Waals surface area (Å²) < 4.78 is 4.00. The number of rotatable bonds is 2. The Labute approximate surface area is 72.7 Å². The van der Waals surface area contributed by atoms with Crippen LogP contribution in [-0.2, 0) is 0 Å². The van der Waals surface area contributed by atoms with Gasteiger partial charge in [0.25, 0.3) is 0 Å². The number of hydrogen-bond donors (Lipinski definition) is 1. The Balaban J connectivity index is 2.75. The Bertz CT molecular complexity index is 217. The lowest BCUT2D eigenvalue weighted by Gasteiger charge is -1.96. The zero-order valence-electron chi connectivity index (χ0n) is 5.47. The van der Waals surface area contributed by atoms with E-state index in [1.807, 2.05) is 19.2 Å². The molecule has 0 spiro atoms. The molecule has 0 amide bonds. The van der Waals surface area contributed by atoms with Gasteiger partial charge in [-0.1, -0.05) is 15.9 Å². The summed E-state index contributed by atoms with van der Waals surface area (Å²) >= 11 is 4.85. The van der Waals surface area contributed by atoms with E-state index in [2.05, 4.69) is 25.6 Å². The maximum Gasteiger partial charge on any atom is 0.112 e. The first-order valence-corrected chi connectivity index (χ1v) is 4.39. The van der Waals surface area contributed by atoms with Crippen molar-refractivity contribution in [2.45, 2.75) is 5.03 Å². The van der Waals surface area contributed by atoms with Gasteiger partial charge < -0.3 is 0 Å². The number of nitrogens with zero attached hydrogens (tertiary/aromatic N) is 1. The fourth-order valence-electron chi connectivity index (χ4n) is 0.546. The van der Waals surface area contributed by atoms with E-state index >= 15 is 0 Å². The molecule has 0 aliphatic carbocycles. The molecule has 10 heavy (non-hydrogen) atoms. The van der Waals surface area contributed by atoms with Gasteiger partial charge in [-0.05, 0) is 31.1 Å². The summed E-state index contributed by atoms with van der Waals surface area (Å²) in [4.78, 5) is 4.10. The van der Waals surface area contributed by atoms with Crippen LogP contribution in [0.25, 0.3) is 0 Å². The molecule has 1 rings (SSSR count). The zero-order chi connectivity index (χ0) is 7.40. The molecule has 1 N–H and O–H groups in total.